The van der Waals surface area contributed by atoms with Crippen molar-refractivity contribution in [1.29, 1.82) is 0 Å². The van der Waals surface area contributed by atoms with Crippen molar-refractivity contribution in [2.75, 3.05) is 18.6 Å². The molecule has 0 saturated carbocycles. The highest BCUT2D eigenvalue weighted by Crippen LogP contribution is 2.12. The van der Waals surface area contributed by atoms with Crippen LogP contribution in [0.3, 0.4) is 0 Å². The average molecular weight is 762 g/mol. The fourth-order valence-electron chi connectivity index (χ4n) is 5.48. The van der Waals surface area contributed by atoms with E-state index in [1.807, 2.05) is 30.5 Å². The van der Waals surface area contributed by atoms with Gasteiger partial charge in [0.2, 0.25) is 29.5 Å². The molecule has 5 amide bonds. The number of nitrogens with one attached hydrogen (secondary N) is 4. The van der Waals surface area contributed by atoms with Gasteiger partial charge in [-0.15, -0.1) is 0 Å². The summed E-state index contributed by atoms with van der Waals surface area (Å²) in [6.07, 6.45) is 2.84. The van der Waals surface area contributed by atoms with E-state index in [0.29, 0.717) is 17.7 Å². The average Bonchev–Trinajstić information content (AvgIpc) is 3.15. The summed E-state index contributed by atoms with van der Waals surface area (Å²) in [6.45, 7) is 0.174. The van der Waals surface area contributed by atoms with E-state index in [1.165, 1.54) is 23.9 Å². The number of nitrogens with two attached hydrogens (primary N) is 4. The lowest BCUT2D eigenvalue weighted by molar-refractivity contribution is -0.134. The second-order valence-electron chi connectivity index (χ2n) is 12.7. The van der Waals surface area contributed by atoms with Crippen molar-refractivity contribution in [2.24, 2.45) is 27.9 Å². The summed E-state index contributed by atoms with van der Waals surface area (Å²) in [5.74, 6) is -2.84. The Bertz CT molecular complexity index is 1690. The Morgan fingerprint density at radius 1 is 0.630 bits per heavy atom. The minimum atomic E-state index is -1.14. The standard InChI is InChI=1S/C38H51N9O6S/c1-54-20-18-30(36(52)44-29(13-8-19-43-38(41)42)35(51)46-31(33(40)49)22-24-9-4-2-5-10-24)45-37(53)32(23-25-11-6-3-7-12-25)47-34(50)28(39)21-26-14-16-27(48)17-15-26/h2-7,9-12,14-17,28-32,48H,8,13,18-23,39H2,1H3,(H2,40,49)(H,44,52)(H,45,53)(H,46,51)(H,47,50)(H4,41,42,43)/t28-,29+,30+,31-,32+/m1/s1. The van der Waals surface area contributed by atoms with E-state index in [-0.39, 0.29) is 50.4 Å². The van der Waals surface area contributed by atoms with Gasteiger partial charge in [0.1, 0.15) is 29.9 Å². The number of phenolic OH excluding ortho intramolecular Hbond substituents is 1. The Balaban J connectivity index is 1.80. The predicted octanol–water partition coefficient (Wildman–Crippen LogP) is -0.0214. The van der Waals surface area contributed by atoms with Gasteiger partial charge in [0.05, 0.1) is 6.04 Å². The molecule has 13 N–H and O–H groups in total. The molecule has 3 aromatic carbocycles. The smallest absolute Gasteiger partial charge is 0.243 e. The van der Waals surface area contributed by atoms with Crippen molar-refractivity contribution < 1.29 is 29.1 Å². The van der Waals surface area contributed by atoms with Gasteiger partial charge >= 0.3 is 0 Å². The van der Waals surface area contributed by atoms with Crippen molar-refractivity contribution in [3.05, 3.63) is 102 Å². The summed E-state index contributed by atoms with van der Waals surface area (Å²) in [4.78, 5) is 71.1. The summed E-state index contributed by atoms with van der Waals surface area (Å²) in [5.41, 5.74) is 25.0. The number of carbonyl (C=O) groups is 5. The van der Waals surface area contributed by atoms with Crippen LogP contribution >= 0.6 is 11.8 Å². The first kappa shape index (κ1) is 42.8. The Morgan fingerprint density at radius 3 is 1.61 bits per heavy atom. The number of carbonyl (C=O) groups excluding carboxylic acids is 5. The van der Waals surface area contributed by atoms with Gasteiger partial charge in [-0.05, 0) is 66.5 Å². The van der Waals surface area contributed by atoms with Gasteiger partial charge in [0.25, 0.3) is 0 Å². The number of thioether (sulfide) groups is 1. The molecule has 0 heterocycles. The van der Waals surface area contributed by atoms with Crippen LogP contribution in [0.15, 0.2) is 89.9 Å². The number of guanidine groups is 1. The molecule has 0 saturated heterocycles. The number of aromatic hydroxyl groups is 1. The number of phenols is 1. The SMILES string of the molecule is CSCC[C@H](NC(=O)[C@H](Cc1ccccc1)NC(=O)[C@H](N)Cc1ccc(O)cc1)C(=O)N[C@@H](CCCN=C(N)N)C(=O)N[C@H](Cc1ccccc1)C(N)=O. The Morgan fingerprint density at radius 2 is 1.09 bits per heavy atom. The maximum Gasteiger partial charge on any atom is 0.243 e. The van der Waals surface area contributed by atoms with Gasteiger partial charge in [-0.25, -0.2) is 0 Å². The number of primary amides is 1. The lowest BCUT2D eigenvalue weighted by atomic mass is 10.0. The third-order valence-corrected chi connectivity index (χ3v) is 9.05. The zero-order valence-corrected chi connectivity index (χ0v) is 31.1. The minimum Gasteiger partial charge on any atom is -0.508 e. The molecule has 54 heavy (non-hydrogen) atoms. The first-order chi connectivity index (χ1) is 25.9. The quantitative estimate of drug-likeness (QED) is 0.0375. The van der Waals surface area contributed by atoms with Gasteiger partial charge in [0, 0.05) is 19.4 Å². The van der Waals surface area contributed by atoms with E-state index in [1.54, 1.807) is 48.5 Å². The van der Waals surface area contributed by atoms with E-state index < -0.39 is 59.7 Å². The normalized spacial score (nSPS) is 13.6. The van der Waals surface area contributed by atoms with E-state index in [4.69, 9.17) is 22.9 Å². The van der Waals surface area contributed by atoms with Crippen molar-refractivity contribution in [3.8, 4) is 5.75 Å². The van der Waals surface area contributed by atoms with Crippen LogP contribution in [-0.2, 0) is 43.2 Å². The first-order valence-electron chi connectivity index (χ1n) is 17.5. The van der Waals surface area contributed by atoms with Gasteiger partial charge in [-0.3, -0.25) is 29.0 Å². The highest BCUT2D eigenvalue weighted by atomic mass is 32.2. The third-order valence-electron chi connectivity index (χ3n) is 8.41. The lowest BCUT2D eigenvalue weighted by Gasteiger charge is -2.27. The maximum atomic E-state index is 13.9. The molecule has 0 aromatic heterocycles. The van der Waals surface area contributed by atoms with Crippen molar-refractivity contribution in [2.45, 2.75) is 68.7 Å². The molecule has 0 aliphatic rings. The summed E-state index contributed by atoms with van der Waals surface area (Å²) in [6, 6.07) is 18.9. The number of hydrogen-bond donors (Lipinski definition) is 9. The van der Waals surface area contributed by atoms with Crippen LogP contribution in [0.1, 0.15) is 36.0 Å². The fraction of sp³-hybridized carbons (Fsp3) is 0.368. The molecular formula is C38H51N9O6S. The monoisotopic (exact) mass is 761 g/mol. The largest absolute Gasteiger partial charge is 0.508 e. The van der Waals surface area contributed by atoms with E-state index >= 15 is 0 Å². The molecule has 0 aliphatic heterocycles. The van der Waals surface area contributed by atoms with Gasteiger partial charge < -0.3 is 49.3 Å². The summed E-state index contributed by atoms with van der Waals surface area (Å²) in [5, 5.41) is 20.5. The van der Waals surface area contributed by atoms with E-state index in [9.17, 15) is 29.1 Å². The second kappa shape index (κ2) is 22.5. The molecule has 0 fully saturated rings. The Labute approximate surface area is 319 Å². The van der Waals surface area contributed by atoms with Crippen LogP contribution in [0.25, 0.3) is 0 Å². The second-order valence-corrected chi connectivity index (χ2v) is 13.7. The van der Waals surface area contributed by atoms with Crippen LogP contribution in [0.4, 0.5) is 0 Å². The highest BCUT2D eigenvalue weighted by Gasteiger charge is 2.31. The molecular weight excluding hydrogens is 711 g/mol. The van der Waals surface area contributed by atoms with Crippen LogP contribution in [-0.4, -0.2) is 89.4 Å². The Hall–Kier alpha value is -5.61. The number of nitrogens with zero attached hydrogens (tertiary/aromatic N) is 1. The molecule has 0 aliphatic carbocycles. The van der Waals surface area contributed by atoms with Crippen molar-refractivity contribution >= 4 is 47.3 Å². The third kappa shape index (κ3) is 15.2. The predicted molar refractivity (Wildman–Crippen MR) is 210 cm³/mol. The molecule has 16 heteroatoms. The molecule has 3 rings (SSSR count). The fourth-order valence-corrected chi connectivity index (χ4v) is 5.95. The molecule has 290 valence electrons. The first-order valence-corrected chi connectivity index (χ1v) is 18.9. The van der Waals surface area contributed by atoms with Gasteiger partial charge in [-0.2, -0.15) is 11.8 Å². The van der Waals surface area contributed by atoms with Crippen LogP contribution < -0.4 is 44.2 Å². The van der Waals surface area contributed by atoms with Gasteiger partial charge in [0.15, 0.2) is 5.96 Å². The maximum absolute atomic E-state index is 13.9. The molecule has 15 nitrogen and oxygen atoms in total. The van der Waals surface area contributed by atoms with Crippen molar-refractivity contribution in [1.82, 2.24) is 21.3 Å². The lowest BCUT2D eigenvalue weighted by Crippen LogP contribution is -2.59. The number of rotatable bonds is 22. The number of benzene rings is 3. The van der Waals surface area contributed by atoms with Crippen LogP contribution in [0.5, 0.6) is 5.75 Å². The minimum absolute atomic E-state index is 0.0761. The van der Waals surface area contributed by atoms with Crippen molar-refractivity contribution in [3.63, 3.8) is 0 Å². The van der Waals surface area contributed by atoms with E-state index in [0.717, 1.165) is 11.1 Å². The molecule has 0 bridgehead atoms. The number of amides is 5. The Kier molecular flexibility index (Phi) is 17.8. The number of aliphatic imine (C=N–C) groups is 1. The topological polar surface area (TPSA) is 270 Å². The molecule has 0 unspecified atom stereocenters. The zero-order valence-electron chi connectivity index (χ0n) is 30.3. The summed E-state index contributed by atoms with van der Waals surface area (Å²) in [7, 11) is 0. The highest BCUT2D eigenvalue weighted by molar-refractivity contribution is 7.98. The molecule has 0 radical (unpaired) electrons. The van der Waals surface area contributed by atoms with Gasteiger partial charge in [-0.1, -0.05) is 72.8 Å². The van der Waals surface area contributed by atoms with Crippen LogP contribution in [0, 0.1) is 0 Å². The zero-order chi connectivity index (χ0) is 39.5. The molecule has 0 spiro atoms. The molecule has 5 atom stereocenters. The molecule has 3 aromatic rings. The van der Waals surface area contributed by atoms with Crippen LogP contribution in [0.2, 0.25) is 0 Å². The summed E-state index contributed by atoms with van der Waals surface area (Å²) >= 11 is 1.46. The number of hydrogen-bond acceptors (Lipinski definition) is 9. The van der Waals surface area contributed by atoms with E-state index in [2.05, 4.69) is 26.3 Å². The summed E-state index contributed by atoms with van der Waals surface area (Å²) < 4.78 is 0.